The number of nitrogens with zero attached hydrogens (tertiary/aromatic N) is 3. The number of hydrogen-bond acceptors (Lipinski definition) is 6. The van der Waals surface area contributed by atoms with Crippen molar-refractivity contribution in [1.29, 1.82) is 5.26 Å². The summed E-state index contributed by atoms with van der Waals surface area (Å²) < 4.78 is 5.02. The topological polar surface area (TPSA) is 93.0 Å². The van der Waals surface area contributed by atoms with E-state index in [9.17, 15) is 15.4 Å². The Morgan fingerprint density at radius 3 is 3.00 bits per heavy atom. The minimum absolute atomic E-state index is 0.274. The molecule has 0 spiro atoms. The summed E-state index contributed by atoms with van der Waals surface area (Å²) in [6, 6.07) is 4.78. The summed E-state index contributed by atoms with van der Waals surface area (Å²) in [5.74, 6) is 0.465. The fourth-order valence-electron chi connectivity index (χ4n) is 1.78. The van der Waals surface area contributed by atoms with E-state index < -0.39 is 4.92 Å². The first-order valence-corrected chi connectivity index (χ1v) is 6.87. The quantitative estimate of drug-likeness (QED) is 0.486. The first kappa shape index (κ1) is 12.6. The van der Waals surface area contributed by atoms with Crippen LogP contribution in [-0.2, 0) is 0 Å². The molecule has 0 bridgehead atoms. The zero-order valence-corrected chi connectivity index (χ0v) is 11.1. The molecule has 0 N–H and O–H groups in total. The molecule has 2 heterocycles. The summed E-state index contributed by atoms with van der Waals surface area (Å²) in [6.07, 6.45) is 3.78. The number of aromatic nitrogens is 1. The van der Waals surface area contributed by atoms with Crippen molar-refractivity contribution in [1.82, 2.24) is 4.98 Å². The molecule has 0 radical (unpaired) electrons. The Morgan fingerprint density at radius 1 is 1.60 bits per heavy atom. The molecule has 1 aliphatic rings. The fraction of sp³-hybridized carbons (Fsp3) is 0.231. The highest BCUT2D eigenvalue weighted by Crippen LogP contribution is 2.41. The van der Waals surface area contributed by atoms with Crippen LogP contribution in [0.3, 0.4) is 0 Å². The van der Waals surface area contributed by atoms with E-state index in [1.807, 2.05) is 5.38 Å². The zero-order chi connectivity index (χ0) is 14.1. The number of nitro groups is 1. The van der Waals surface area contributed by atoms with Gasteiger partial charge in [-0.3, -0.25) is 10.1 Å². The van der Waals surface area contributed by atoms with Crippen molar-refractivity contribution >= 4 is 28.9 Å². The standard InChI is InChI=1S/C13H9N3O3S/c14-6-9(5-10-3-4-12(19-10)16(17)18)13-15-11(7-20-13)8-1-2-8/h3-5,7-8H,1-2H2/b9-5+. The molecular formula is C13H9N3O3S. The molecule has 2 aromatic rings. The monoisotopic (exact) mass is 287 g/mol. The van der Waals surface area contributed by atoms with E-state index in [0.29, 0.717) is 16.5 Å². The molecule has 0 saturated heterocycles. The molecule has 2 aromatic heterocycles. The third kappa shape index (κ3) is 2.46. The van der Waals surface area contributed by atoms with Gasteiger partial charge < -0.3 is 4.42 Å². The SMILES string of the molecule is N#C/C(=C\c1ccc([N+](=O)[O-])o1)c1nc(C2CC2)cs1. The van der Waals surface area contributed by atoms with Gasteiger partial charge in [-0.2, -0.15) is 5.26 Å². The second-order valence-corrected chi connectivity index (χ2v) is 5.31. The van der Waals surface area contributed by atoms with Gasteiger partial charge in [0.15, 0.2) is 0 Å². The smallest absolute Gasteiger partial charge is 0.401 e. The maximum absolute atomic E-state index is 10.5. The van der Waals surface area contributed by atoms with E-state index in [4.69, 9.17) is 4.42 Å². The van der Waals surface area contributed by atoms with Crippen molar-refractivity contribution in [2.75, 3.05) is 0 Å². The van der Waals surface area contributed by atoms with Crippen LogP contribution in [0.2, 0.25) is 0 Å². The van der Waals surface area contributed by atoms with Crippen molar-refractivity contribution in [3.05, 3.63) is 44.1 Å². The zero-order valence-electron chi connectivity index (χ0n) is 10.3. The Hall–Kier alpha value is -2.46. The molecule has 1 fully saturated rings. The summed E-state index contributed by atoms with van der Waals surface area (Å²) in [4.78, 5) is 14.4. The van der Waals surface area contributed by atoms with Crippen molar-refractivity contribution < 1.29 is 9.34 Å². The number of furan rings is 1. The molecule has 100 valence electrons. The van der Waals surface area contributed by atoms with Crippen LogP contribution in [0.1, 0.15) is 35.2 Å². The summed E-state index contributed by atoms with van der Waals surface area (Å²) >= 11 is 1.41. The van der Waals surface area contributed by atoms with Crippen LogP contribution < -0.4 is 0 Å². The van der Waals surface area contributed by atoms with E-state index >= 15 is 0 Å². The second-order valence-electron chi connectivity index (χ2n) is 4.45. The normalized spacial score (nSPS) is 15.1. The van der Waals surface area contributed by atoms with Gasteiger partial charge in [-0.25, -0.2) is 4.98 Å². The maximum atomic E-state index is 10.5. The van der Waals surface area contributed by atoms with Crippen molar-refractivity contribution in [3.8, 4) is 6.07 Å². The lowest BCUT2D eigenvalue weighted by molar-refractivity contribution is -0.402. The minimum Gasteiger partial charge on any atom is -0.401 e. The van der Waals surface area contributed by atoms with Crippen LogP contribution in [0, 0.1) is 21.4 Å². The van der Waals surface area contributed by atoms with Crippen molar-refractivity contribution in [2.24, 2.45) is 0 Å². The van der Waals surface area contributed by atoms with Gasteiger partial charge >= 0.3 is 5.88 Å². The molecule has 0 aromatic carbocycles. The Labute approximate surface area is 118 Å². The van der Waals surface area contributed by atoms with E-state index in [0.717, 1.165) is 18.5 Å². The summed E-state index contributed by atoms with van der Waals surface area (Å²) in [6.45, 7) is 0. The maximum Gasteiger partial charge on any atom is 0.433 e. The fourth-order valence-corrected chi connectivity index (χ4v) is 2.65. The molecule has 0 amide bonds. The van der Waals surface area contributed by atoms with Gasteiger partial charge in [0.25, 0.3) is 0 Å². The second kappa shape index (κ2) is 4.90. The number of nitriles is 1. The van der Waals surface area contributed by atoms with Crippen LogP contribution in [0.25, 0.3) is 11.6 Å². The molecule has 1 saturated carbocycles. The largest absolute Gasteiger partial charge is 0.433 e. The van der Waals surface area contributed by atoms with E-state index in [2.05, 4.69) is 11.1 Å². The van der Waals surface area contributed by atoms with Crippen LogP contribution in [0.5, 0.6) is 0 Å². The Morgan fingerprint density at radius 2 is 2.40 bits per heavy atom. The average Bonchev–Trinajstić information content (AvgIpc) is 2.99. The first-order valence-electron chi connectivity index (χ1n) is 5.99. The molecule has 1 aliphatic carbocycles. The Bertz CT molecular complexity index is 734. The van der Waals surface area contributed by atoms with Crippen LogP contribution in [0.4, 0.5) is 5.88 Å². The first-order chi connectivity index (χ1) is 9.67. The molecule has 20 heavy (non-hydrogen) atoms. The molecule has 3 rings (SSSR count). The predicted octanol–water partition coefficient (Wildman–Crippen LogP) is 3.59. The predicted molar refractivity (Wildman–Crippen MR) is 72.9 cm³/mol. The number of hydrogen-bond donors (Lipinski definition) is 0. The average molecular weight is 287 g/mol. The van der Waals surface area contributed by atoms with Gasteiger partial charge in [0.05, 0.1) is 17.3 Å². The van der Waals surface area contributed by atoms with Gasteiger partial charge in [-0.05, 0) is 18.9 Å². The highest BCUT2D eigenvalue weighted by Gasteiger charge is 2.26. The molecule has 7 heteroatoms. The van der Waals surface area contributed by atoms with Crippen LogP contribution in [-0.4, -0.2) is 9.91 Å². The lowest BCUT2D eigenvalue weighted by atomic mass is 10.2. The lowest BCUT2D eigenvalue weighted by Gasteiger charge is -1.91. The summed E-state index contributed by atoms with van der Waals surface area (Å²) in [5.41, 5.74) is 1.38. The summed E-state index contributed by atoms with van der Waals surface area (Å²) in [7, 11) is 0. The highest BCUT2D eigenvalue weighted by molar-refractivity contribution is 7.11. The van der Waals surface area contributed by atoms with Crippen molar-refractivity contribution in [2.45, 2.75) is 18.8 Å². The van der Waals surface area contributed by atoms with E-state index in [-0.39, 0.29) is 11.6 Å². The lowest BCUT2D eigenvalue weighted by Crippen LogP contribution is -1.84. The molecule has 0 unspecified atom stereocenters. The molecule has 0 aliphatic heterocycles. The Kier molecular flexibility index (Phi) is 3.08. The highest BCUT2D eigenvalue weighted by atomic mass is 32.1. The van der Waals surface area contributed by atoms with Crippen LogP contribution in [0.15, 0.2) is 21.9 Å². The van der Waals surface area contributed by atoms with Gasteiger partial charge in [0.1, 0.15) is 21.8 Å². The van der Waals surface area contributed by atoms with Crippen LogP contribution >= 0.6 is 11.3 Å². The molecule has 0 atom stereocenters. The van der Waals surface area contributed by atoms with E-state index in [1.54, 1.807) is 0 Å². The van der Waals surface area contributed by atoms with E-state index in [1.165, 1.54) is 29.5 Å². The number of thiazole rings is 1. The van der Waals surface area contributed by atoms with Gasteiger partial charge in [0.2, 0.25) is 0 Å². The van der Waals surface area contributed by atoms with Gasteiger partial charge in [0, 0.05) is 17.4 Å². The number of allylic oxidation sites excluding steroid dienone is 1. The minimum atomic E-state index is -0.613. The third-order valence-electron chi connectivity index (χ3n) is 2.95. The Balaban J connectivity index is 1.89. The van der Waals surface area contributed by atoms with Gasteiger partial charge in [-0.15, -0.1) is 11.3 Å². The van der Waals surface area contributed by atoms with Crippen molar-refractivity contribution in [3.63, 3.8) is 0 Å². The third-order valence-corrected chi connectivity index (χ3v) is 3.84. The molecular weight excluding hydrogens is 278 g/mol. The summed E-state index contributed by atoms with van der Waals surface area (Å²) in [5, 5.41) is 22.3. The number of rotatable bonds is 4. The van der Waals surface area contributed by atoms with Gasteiger partial charge in [-0.1, -0.05) is 0 Å². The molecule has 6 nitrogen and oxygen atoms in total.